The molecule has 0 N–H and O–H groups in total. The molecule has 0 saturated carbocycles. The van der Waals surface area contributed by atoms with E-state index >= 15 is 0 Å². The number of amides is 2. The lowest BCUT2D eigenvalue weighted by Gasteiger charge is -2.27. The number of imide groups is 1. The highest BCUT2D eigenvalue weighted by Gasteiger charge is 2.41. The van der Waals surface area contributed by atoms with Crippen LogP contribution in [0.4, 0.5) is 4.79 Å². The molecule has 2 saturated heterocycles. The minimum atomic E-state index is -0.658. The van der Waals surface area contributed by atoms with E-state index in [0.29, 0.717) is 38.9 Å². The molecule has 2 heterocycles. The Hall–Kier alpha value is -2.18. The van der Waals surface area contributed by atoms with Crippen molar-refractivity contribution in [3.8, 4) is 0 Å². The number of rotatable bonds is 8. The van der Waals surface area contributed by atoms with E-state index in [1.807, 2.05) is 37.3 Å². The van der Waals surface area contributed by atoms with Crippen LogP contribution in [0.25, 0.3) is 0 Å². The quantitative estimate of drug-likeness (QED) is 0.654. The number of carbonyl (C=O) groups is 2. The Bertz CT molecular complexity index is 668. The number of ether oxygens (including phenoxy) is 3. The first-order valence-corrected chi connectivity index (χ1v) is 9.45. The molecule has 2 aliphatic heterocycles. The average Bonchev–Trinajstić information content (AvgIpc) is 3.25. The lowest BCUT2D eigenvalue weighted by molar-refractivity contribution is -0.152. The van der Waals surface area contributed by atoms with Crippen LogP contribution in [0.1, 0.15) is 31.7 Å². The molecule has 2 atom stereocenters. The first-order chi connectivity index (χ1) is 13.0. The minimum Gasteiger partial charge on any atom is -0.447 e. The van der Waals surface area contributed by atoms with E-state index in [9.17, 15) is 9.59 Å². The van der Waals surface area contributed by atoms with Crippen LogP contribution in [0.2, 0.25) is 0 Å². The number of benzene rings is 1. The van der Waals surface area contributed by atoms with E-state index in [2.05, 4.69) is 6.58 Å². The monoisotopic (exact) mass is 373 g/mol. The van der Waals surface area contributed by atoms with Gasteiger partial charge < -0.3 is 14.2 Å². The summed E-state index contributed by atoms with van der Waals surface area (Å²) in [7, 11) is 0. The summed E-state index contributed by atoms with van der Waals surface area (Å²) in [5.41, 5.74) is 1.07. The van der Waals surface area contributed by atoms with Crippen molar-refractivity contribution < 1.29 is 23.8 Å². The molecule has 3 rings (SSSR count). The zero-order chi connectivity index (χ0) is 19.3. The third-order valence-corrected chi connectivity index (χ3v) is 5.16. The predicted molar refractivity (Wildman–Crippen MR) is 100.0 cm³/mol. The van der Waals surface area contributed by atoms with E-state index in [0.717, 1.165) is 5.56 Å². The minimum absolute atomic E-state index is 0.208. The molecular formula is C21H27NO5. The highest BCUT2D eigenvalue weighted by Crippen LogP contribution is 2.29. The van der Waals surface area contributed by atoms with E-state index in [-0.39, 0.29) is 24.5 Å². The Morgan fingerprint density at radius 1 is 1.33 bits per heavy atom. The number of nitrogens with zero attached hydrogens (tertiary/aromatic N) is 1. The van der Waals surface area contributed by atoms with Crippen molar-refractivity contribution in [3.63, 3.8) is 0 Å². The SMILES string of the molecule is C=CC[C@@H](CCC1(C)OCCO1)C(=O)N1C(=O)OC[C@@H]1Cc1ccccc1. The highest BCUT2D eigenvalue weighted by atomic mass is 16.7. The van der Waals surface area contributed by atoms with Gasteiger partial charge in [0.15, 0.2) is 5.79 Å². The predicted octanol–water partition coefficient (Wildman–Crippen LogP) is 3.31. The van der Waals surface area contributed by atoms with Gasteiger partial charge in [0, 0.05) is 12.3 Å². The molecule has 2 fully saturated rings. The van der Waals surface area contributed by atoms with Crippen LogP contribution in [-0.4, -0.2) is 48.5 Å². The molecular weight excluding hydrogens is 346 g/mol. The number of carbonyl (C=O) groups excluding carboxylic acids is 2. The Morgan fingerprint density at radius 3 is 2.70 bits per heavy atom. The standard InChI is InChI=1S/C21H27NO5/c1-3-7-17(10-11-21(2)26-12-13-27-21)19(23)22-18(15-25-20(22)24)14-16-8-5-4-6-9-16/h3-6,8-9,17-18H,1,7,10-15H2,2H3/t17-,18-/m0/s1. The Balaban J connectivity index is 1.68. The first-order valence-electron chi connectivity index (χ1n) is 9.45. The van der Waals surface area contributed by atoms with Gasteiger partial charge in [0.05, 0.1) is 19.3 Å². The molecule has 0 spiro atoms. The van der Waals surface area contributed by atoms with Gasteiger partial charge in [-0.05, 0) is 31.7 Å². The zero-order valence-electron chi connectivity index (χ0n) is 15.8. The topological polar surface area (TPSA) is 65.1 Å². The van der Waals surface area contributed by atoms with Crippen molar-refractivity contribution >= 4 is 12.0 Å². The zero-order valence-corrected chi connectivity index (χ0v) is 15.8. The molecule has 0 bridgehead atoms. The highest BCUT2D eigenvalue weighted by molar-refractivity contribution is 5.94. The van der Waals surface area contributed by atoms with Crippen molar-refractivity contribution in [1.82, 2.24) is 4.90 Å². The Morgan fingerprint density at radius 2 is 2.04 bits per heavy atom. The number of hydrogen-bond acceptors (Lipinski definition) is 5. The largest absolute Gasteiger partial charge is 0.447 e. The second kappa shape index (κ2) is 8.67. The van der Waals surface area contributed by atoms with Crippen LogP contribution in [0.5, 0.6) is 0 Å². The van der Waals surface area contributed by atoms with Crippen molar-refractivity contribution in [2.45, 2.75) is 44.4 Å². The average molecular weight is 373 g/mol. The molecule has 2 amide bonds. The van der Waals surface area contributed by atoms with Gasteiger partial charge >= 0.3 is 6.09 Å². The first kappa shape index (κ1) is 19.6. The lowest BCUT2D eigenvalue weighted by Crippen LogP contribution is -2.44. The third-order valence-electron chi connectivity index (χ3n) is 5.16. The molecule has 1 aromatic carbocycles. The summed E-state index contributed by atoms with van der Waals surface area (Å²) in [6.07, 6.45) is 3.39. The van der Waals surface area contributed by atoms with Crippen LogP contribution >= 0.6 is 0 Å². The van der Waals surface area contributed by atoms with Gasteiger partial charge in [-0.1, -0.05) is 36.4 Å². The summed E-state index contributed by atoms with van der Waals surface area (Å²) in [6, 6.07) is 9.53. The lowest BCUT2D eigenvalue weighted by atomic mass is 9.94. The van der Waals surface area contributed by atoms with E-state index in [4.69, 9.17) is 14.2 Å². The number of hydrogen-bond donors (Lipinski definition) is 0. The van der Waals surface area contributed by atoms with Crippen molar-refractivity contribution in [1.29, 1.82) is 0 Å². The van der Waals surface area contributed by atoms with E-state index in [1.54, 1.807) is 6.08 Å². The fraction of sp³-hybridized carbons (Fsp3) is 0.524. The third kappa shape index (κ3) is 4.76. The summed E-state index contributed by atoms with van der Waals surface area (Å²) in [4.78, 5) is 26.7. The molecule has 27 heavy (non-hydrogen) atoms. The van der Waals surface area contributed by atoms with Gasteiger partial charge in [0.2, 0.25) is 5.91 Å². The van der Waals surface area contributed by atoms with Crippen LogP contribution in [-0.2, 0) is 25.4 Å². The fourth-order valence-electron chi connectivity index (χ4n) is 3.64. The second-order valence-electron chi connectivity index (χ2n) is 7.22. The van der Waals surface area contributed by atoms with Crippen molar-refractivity contribution in [3.05, 3.63) is 48.6 Å². The van der Waals surface area contributed by atoms with Gasteiger partial charge in [0.1, 0.15) is 6.61 Å². The fourth-order valence-corrected chi connectivity index (χ4v) is 3.64. The van der Waals surface area contributed by atoms with Gasteiger partial charge in [0.25, 0.3) is 0 Å². The van der Waals surface area contributed by atoms with Crippen LogP contribution in [0.3, 0.4) is 0 Å². The number of cyclic esters (lactones) is 1. The van der Waals surface area contributed by atoms with Crippen LogP contribution in [0.15, 0.2) is 43.0 Å². The summed E-state index contributed by atoms with van der Waals surface area (Å²) >= 11 is 0. The van der Waals surface area contributed by atoms with Gasteiger partial charge in [-0.2, -0.15) is 0 Å². The molecule has 1 aromatic rings. The van der Waals surface area contributed by atoms with E-state index < -0.39 is 11.9 Å². The van der Waals surface area contributed by atoms with Crippen LogP contribution in [0, 0.1) is 5.92 Å². The smallest absolute Gasteiger partial charge is 0.416 e. The molecule has 0 aliphatic carbocycles. The molecule has 6 nitrogen and oxygen atoms in total. The summed E-state index contributed by atoms with van der Waals surface area (Å²) in [6.45, 7) is 7.00. The summed E-state index contributed by atoms with van der Waals surface area (Å²) < 4.78 is 16.5. The van der Waals surface area contributed by atoms with Gasteiger partial charge in [-0.25, -0.2) is 9.69 Å². The van der Waals surface area contributed by atoms with Crippen molar-refractivity contribution in [2.24, 2.45) is 5.92 Å². The molecule has 6 heteroatoms. The summed E-state index contributed by atoms with van der Waals surface area (Å²) in [5, 5.41) is 0. The molecule has 0 radical (unpaired) electrons. The van der Waals surface area contributed by atoms with Gasteiger partial charge in [-0.3, -0.25) is 4.79 Å². The maximum atomic E-state index is 13.2. The summed E-state index contributed by atoms with van der Waals surface area (Å²) in [5.74, 6) is -1.22. The van der Waals surface area contributed by atoms with Crippen molar-refractivity contribution in [2.75, 3.05) is 19.8 Å². The van der Waals surface area contributed by atoms with Gasteiger partial charge in [-0.15, -0.1) is 6.58 Å². The molecule has 0 aromatic heterocycles. The number of allylic oxidation sites excluding steroid dienone is 1. The maximum Gasteiger partial charge on any atom is 0.416 e. The molecule has 146 valence electrons. The maximum absolute atomic E-state index is 13.2. The Kier molecular flexibility index (Phi) is 6.29. The van der Waals surface area contributed by atoms with E-state index in [1.165, 1.54) is 4.90 Å². The molecule has 0 unspecified atom stereocenters. The Labute approximate surface area is 160 Å². The molecule has 2 aliphatic rings. The normalized spacial score (nSPS) is 22.5. The second-order valence-corrected chi connectivity index (χ2v) is 7.22. The van der Waals surface area contributed by atoms with Crippen LogP contribution < -0.4 is 0 Å².